The van der Waals surface area contributed by atoms with Crippen LogP contribution in [0.25, 0.3) is 0 Å². The normalized spacial score (nSPS) is 23.7. The third-order valence-electron chi connectivity index (χ3n) is 21.0. The van der Waals surface area contributed by atoms with Gasteiger partial charge in [0.25, 0.3) is 0 Å². The molecule has 6 aliphatic carbocycles. The quantitative estimate of drug-likeness (QED) is 0.142. The van der Waals surface area contributed by atoms with E-state index in [1.807, 2.05) is 12.1 Å². The summed E-state index contributed by atoms with van der Waals surface area (Å²) in [4.78, 5) is 0. The topological polar surface area (TPSA) is 0 Å². The molecule has 0 heterocycles. The molecule has 0 radical (unpaired) electrons. The molecule has 8 unspecified atom stereocenters. The maximum absolute atomic E-state index is 6.11. The highest BCUT2D eigenvalue weighted by Crippen LogP contribution is 2.55. The lowest BCUT2D eigenvalue weighted by molar-refractivity contribution is 0.263. The second-order valence-corrected chi connectivity index (χ2v) is 36.1. The van der Waals surface area contributed by atoms with E-state index in [1.165, 1.54) is 73.6 Å². The lowest BCUT2D eigenvalue weighted by atomic mass is 9.73. The first-order chi connectivity index (χ1) is 39.6. The maximum atomic E-state index is 6.11. The Bertz CT molecular complexity index is 3140. The molecule has 86 heavy (non-hydrogen) atoms. The summed E-state index contributed by atoms with van der Waals surface area (Å²) in [6.45, 7) is 56.4. The minimum absolute atomic E-state index is 0.262. The lowest BCUT2D eigenvalue weighted by Gasteiger charge is -2.31. The number of halogens is 2. The molecule has 0 spiro atoms. The summed E-state index contributed by atoms with van der Waals surface area (Å²) in [7, 11) is 0. The maximum Gasteiger partial charge on any atom is 0.0409 e. The van der Waals surface area contributed by atoms with Crippen molar-refractivity contribution in [1.82, 2.24) is 0 Å². The first-order valence-electron chi connectivity index (χ1n) is 33.5. The number of aryl methyl sites for hydroxylation is 2. The van der Waals surface area contributed by atoms with E-state index in [-0.39, 0.29) is 5.41 Å². The van der Waals surface area contributed by atoms with Gasteiger partial charge in [-0.1, -0.05) is 299 Å². The van der Waals surface area contributed by atoms with Crippen molar-refractivity contribution in [2.45, 2.75) is 264 Å². The SMILES string of the molecule is CC(C)(C)C1CCc2cc(Cl)ccc21.CC(C)(C)C1CCc2ccccc21.CC1(C)CC(C(C)(C)C)c2ccc(Cl)cc21.CC1(C)CC(C(C)(C)C)c2ccccc21.CC1Cc2ccccc2C1C(C)(C)C.CC1Cc2ccccc2C1C(C)(C)C. The van der Waals surface area contributed by atoms with Gasteiger partial charge in [-0.3, -0.25) is 0 Å². The molecule has 0 aromatic heterocycles. The first kappa shape index (κ1) is 69.4. The zero-order valence-corrected chi connectivity index (χ0v) is 60.2. The van der Waals surface area contributed by atoms with Gasteiger partial charge in [-0.05, 0) is 233 Å². The second-order valence-electron chi connectivity index (χ2n) is 35.2. The standard InChI is InChI=1S/C15H21Cl.C15H22.2C14H20.C13H17Cl.C13H18/c1-14(2,3)13-9-15(4,5)12-8-10(16)6-7-11(12)13;1-14(2,3)13-10-15(4,5)12-9-7-6-8-11(12)13;2*1-10-9-11-7-5-6-8-12(11)13(10)14(2,3)4;1-13(2,3)12-7-4-9-8-10(14)5-6-11(9)12;1-13(2,3)12-9-8-10-6-4-5-7-11(10)12/h6-8,13H,9H2,1-5H3;6-9,13H,10H2,1-5H3;2*5-8,10,13H,9H2,1-4H3;5-6,8,12H,4,7H2,1-3H3;4-7,12H,8-9H2,1-3H3. The highest BCUT2D eigenvalue weighted by atomic mass is 35.5. The van der Waals surface area contributed by atoms with Crippen LogP contribution in [0.1, 0.15) is 294 Å². The van der Waals surface area contributed by atoms with E-state index in [4.69, 9.17) is 23.2 Å². The van der Waals surface area contributed by atoms with E-state index in [0.29, 0.717) is 55.7 Å². The van der Waals surface area contributed by atoms with Crippen molar-refractivity contribution < 1.29 is 0 Å². The fourth-order valence-corrected chi connectivity index (χ4v) is 17.4. The Morgan fingerprint density at radius 1 is 0.326 bits per heavy atom. The molecule has 0 bridgehead atoms. The molecule has 6 aliphatic rings. The molecule has 468 valence electrons. The Balaban J connectivity index is 0.000000148. The molecule has 12 rings (SSSR count). The molecule has 0 N–H and O–H groups in total. The van der Waals surface area contributed by atoms with Crippen LogP contribution in [-0.4, -0.2) is 0 Å². The van der Waals surface area contributed by atoms with Crippen molar-refractivity contribution in [1.29, 1.82) is 0 Å². The fourth-order valence-electron chi connectivity index (χ4n) is 17.0. The molecule has 0 aliphatic heterocycles. The zero-order chi connectivity index (χ0) is 63.9. The highest BCUT2D eigenvalue weighted by molar-refractivity contribution is 6.31. The van der Waals surface area contributed by atoms with Gasteiger partial charge in [-0.15, -0.1) is 0 Å². The van der Waals surface area contributed by atoms with E-state index < -0.39 is 0 Å². The average molecular weight is 1200 g/mol. The van der Waals surface area contributed by atoms with Gasteiger partial charge in [0, 0.05) is 10.0 Å². The third-order valence-corrected chi connectivity index (χ3v) is 21.4. The molecule has 0 fully saturated rings. The van der Waals surface area contributed by atoms with Crippen molar-refractivity contribution in [3.05, 3.63) is 210 Å². The number of hydrogen-bond donors (Lipinski definition) is 0. The highest BCUT2D eigenvalue weighted by Gasteiger charge is 2.44. The van der Waals surface area contributed by atoms with Crippen LogP contribution in [0.15, 0.2) is 133 Å². The number of benzene rings is 6. The van der Waals surface area contributed by atoms with Crippen molar-refractivity contribution >= 4 is 23.2 Å². The van der Waals surface area contributed by atoms with Crippen LogP contribution in [0.3, 0.4) is 0 Å². The summed E-state index contributed by atoms with van der Waals surface area (Å²) in [5.41, 5.74) is 21.5. The van der Waals surface area contributed by atoms with Gasteiger partial charge >= 0.3 is 0 Å². The summed E-state index contributed by atoms with van der Waals surface area (Å²) < 4.78 is 0. The van der Waals surface area contributed by atoms with Crippen LogP contribution in [0, 0.1) is 44.3 Å². The van der Waals surface area contributed by atoms with Crippen LogP contribution in [0.2, 0.25) is 10.0 Å². The van der Waals surface area contributed by atoms with Crippen molar-refractivity contribution in [3.8, 4) is 0 Å². The van der Waals surface area contributed by atoms with Gasteiger partial charge in [-0.25, -0.2) is 0 Å². The summed E-state index contributed by atoms with van der Waals surface area (Å²) in [6, 6.07) is 48.5. The van der Waals surface area contributed by atoms with E-state index in [9.17, 15) is 0 Å². The molecule has 6 aromatic carbocycles. The fraction of sp³-hybridized carbons (Fsp3) is 0.571. The monoisotopic (exact) mass is 1200 g/mol. The van der Waals surface area contributed by atoms with Gasteiger partial charge in [-0.2, -0.15) is 0 Å². The van der Waals surface area contributed by atoms with Crippen LogP contribution in [0.4, 0.5) is 0 Å². The number of rotatable bonds is 0. The first-order valence-corrected chi connectivity index (χ1v) is 34.3. The summed E-state index contributed by atoms with van der Waals surface area (Å²) in [5.74, 6) is 5.90. The molecule has 0 saturated carbocycles. The van der Waals surface area contributed by atoms with Gasteiger partial charge in [0.2, 0.25) is 0 Å². The number of hydrogen-bond acceptors (Lipinski definition) is 0. The van der Waals surface area contributed by atoms with Gasteiger partial charge in [0.1, 0.15) is 0 Å². The van der Waals surface area contributed by atoms with E-state index in [1.54, 1.807) is 44.5 Å². The summed E-state index contributed by atoms with van der Waals surface area (Å²) in [6.07, 6.45) is 10.1. The largest absolute Gasteiger partial charge is 0.0843 e. The van der Waals surface area contributed by atoms with Gasteiger partial charge in [0.15, 0.2) is 0 Å². The Morgan fingerprint density at radius 2 is 0.651 bits per heavy atom. The Hall–Kier alpha value is -4.10. The Labute approximate surface area is 538 Å². The molecule has 6 aromatic rings. The second kappa shape index (κ2) is 26.4. The molecule has 0 saturated heterocycles. The smallest absolute Gasteiger partial charge is 0.0409 e. The predicted octanol–water partition coefficient (Wildman–Crippen LogP) is 25.8. The minimum Gasteiger partial charge on any atom is -0.0843 e. The van der Waals surface area contributed by atoms with E-state index in [2.05, 4.69) is 287 Å². The Kier molecular flexibility index (Phi) is 21.3. The van der Waals surface area contributed by atoms with Gasteiger partial charge in [0.05, 0.1) is 0 Å². The minimum atomic E-state index is 0.262. The molecular formula is C84H118Cl2. The molecule has 8 atom stereocenters. The summed E-state index contributed by atoms with van der Waals surface area (Å²) >= 11 is 12.1. The van der Waals surface area contributed by atoms with Gasteiger partial charge < -0.3 is 0 Å². The van der Waals surface area contributed by atoms with Crippen molar-refractivity contribution in [2.24, 2.45) is 44.3 Å². The van der Waals surface area contributed by atoms with Crippen LogP contribution in [0.5, 0.6) is 0 Å². The summed E-state index contributed by atoms with van der Waals surface area (Å²) in [5, 5.41) is 1.74. The van der Waals surface area contributed by atoms with Crippen LogP contribution < -0.4 is 0 Å². The van der Waals surface area contributed by atoms with E-state index in [0.717, 1.165) is 39.6 Å². The van der Waals surface area contributed by atoms with Crippen molar-refractivity contribution in [2.75, 3.05) is 0 Å². The predicted molar refractivity (Wildman–Crippen MR) is 380 cm³/mol. The molecule has 0 amide bonds. The average Bonchev–Trinajstić information content (AvgIpc) is 2.54. The molecule has 2 heteroatoms. The zero-order valence-electron chi connectivity index (χ0n) is 58.7. The van der Waals surface area contributed by atoms with Crippen LogP contribution >= 0.6 is 23.2 Å². The number of fused-ring (bicyclic) bond motifs is 6. The third kappa shape index (κ3) is 16.4. The molecule has 0 nitrogen and oxygen atoms in total. The van der Waals surface area contributed by atoms with Crippen LogP contribution in [-0.2, 0) is 36.5 Å². The lowest BCUT2D eigenvalue weighted by Crippen LogP contribution is -2.21. The van der Waals surface area contributed by atoms with Crippen molar-refractivity contribution in [3.63, 3.8) is 0 Å². The van der Waals surface area contributed by atoms with E-state index >= 15 is 0 Å². The Morgan fingerprint density at radius 3 is 1.08 bits per heavy atom. The molecular weight excluding hydrogens is 1080 g/mol.